The van der Waals surface area contributed by atoms with Gasteiger partial charge in [-0.25, -0.2) is 4.57 Å². The zero-order chi connectivity index (χ0) is 36.3. The van der Waals surface area contributed by atoms with Gasteiger partial charge in [0.1, 0.15) is 12.2 Å². The third-order valence-corrected chi connectivity index (χ3v) is 8.20. The van der Waals surface area contributed by atoms with E-state index < -0.39 is 58.4 Å². The number of allylic oxidation sites excluding steroid dienone is 10. The number of rotatable bonds is 33. The molecular formula is C38H65O10P. The van der Waals surface area contributed by atoms with Crippen LogP contribution in [0.5, 0.6) is 0 Å². The molecule has 49 heavy (non-hydrogen) atoms. The molecule has 0 aromatic carbocycles. The van der Waals surface area contributed by atoms with E-state index in [1.807, 2.05) is 0 Å². The molecule has 0 heterocycles. The largest absolute Gasteiger partial charge is 0.472 e. The fourth-order valence-electron chi connectivity index (χ4n) is 4.43. The first-order valence-electron chi connectivity index (χ1n) is 18.2. The predicted molar refractivity (Wildman–Crippen MR) is 196 cm³/mol. The van der Waals surface area contributed by atoms with E-state index in [9.17, 15) is 29.3 Å². The molecule has 0 aromatic heterocycles. The molecule has 0 radical (unpaired) electrons. The van der Waals surface area contributed by atoms with Gasteiger partial charge in [-0.3, -0.25) is 18.6 Å². The minimum Gasteiger partial charge on any atom is -0.457 e. The number of carbonyl (C=O) groups excluding carboxylic acids is 2. The zero-order valence-corrected chi connectivity index (χ0v) is 31.0. The average Bonchev–Trinajstić information content (AvgIpc) is 3.09. The van der Waals surface area contributed by atoms with Gasteiger partial charge in [0.25, 0.3) is 0 Å². The van der Waals surface area contributed by atoms with Crippen LogP contribution in [0.3, 0.4) is 0 Å². The first-order valence-corrected chi connectivity index (χ1v) is 19.7. The minimum absolute atomic E-state index is 0.151. The highest BCUT2D eigenvalue weighted by atomic mass is 31.2. The molecule has 0 aliphatic rings. The van der Waals surface area contributed by atoms with Gasteiger partial charge in [0.05, 0.1) is 26.4 Å². The quantitative estimate of drug-likeness (QED) is 0.0261. The Balaban J connectivity index is 4.05. The summed E-state index contributed by atoms with van der Waals surface area (Å²) < 4.78 is 32.3. The van der Waals surface area contributed by atoms with Crippen molar-refractivity contribution in [2.75, 3.05) is 26.4 Å². The Bertz CT molecular complexity index is 1000. The van der Waals surface area contributed by atoms with Gasteiger partial charge in [-0.1, -0.05) is 120 Å². The van der Waals surface area contributed by atoms with Crippen LogP contribution >= 0.6 is 7.82 Å². The molecule has 3 unspecified atom stereocenters. The van der Waals surface area contributed by atoms with E-state index in [2.05, 4.69) is 74.6 Å². The monoisotopic (exact) mass is 712 g/mol. The first-order chi connectivity index (χ1) is 23.8. The molecular weight excluding hydrogens is 647 g/mol. The summed E-state index contributed by atoms with van der Waals surface area (Å²) in [6, 6.07) is 0. The summed E-state index contributed by atoms with van der Waals surface area (Å²) in [6.45, 7) is 1.96. The van der Waals surface area contributed by atoms with Gasteiger partial charge < -0.3 is 24.6 Å². The lowest BCUT2D eigenvalue weighted by Crippen LogP contribution is -2.28. The summed E-state index contributed by atoms with van der Waals surface area (Å²) in [5, 5.41) is 19.0. The number of aliphatic hydroxyl groups excluding tert-OH is 2. The number of hydrogen-bond donors (Lipinski definition) is 3. The molecule has 0 fully saturated rings. The minimum atomic E-state index is -4.63. The Morgan fingerprint density at radius 1 is 0.571 bits per heavy atom. The van der Waals surface area contributed by atoms with Crippen LogP contribution in [0.2, 0.25) is 0 Å². The third-order valence-electron chi connectivity index (χ3n) is 7.24. The molecule has 0 bridgehead atoms. The molecule has 3 atom stereocenters. The van der Waals surface area contributed by atoms with Gasteiger partial charge in [-0.05, 0) is 57.8 Å². The number of unbranched alkanes of at least 4 members (excludes halogenated alkanes) is 9. The van der Waals surface area contributed by atoms with Crippen molar-refractivity contribution >= 4 is 19.8 Å². The second-order valence-electron chi connectivity index (χ2n) is 11.8. The first kappa shape index (κ1) is 46.7. The molecule has 0 saturated heterocycles. The number of ether oxygens (including phenoxy) is 2. The molecule has 0 aliphatic carbocycles. The van der Waals surface area contributed by atoms with E-state index in [1.54, 1.807) is 0 Å². The highest BCUT2D eigenvalue weighted by molar-refractivity contribution is 7.47. The van der Waals surface area contributed by atoms with Crippen LogP contribution in [0.25, 0.3) is 0 Å². The molecule has 0 aromatic rings. The van der Waals surface area contributed by atoms with Crippen molar-refractivity contribution in [2.24, 2.45) is 0 Å². The van der Waals surface area contributed by atoms with Crippen LogP contribution in [0.1, 0.15) is 129 Å². The Hall–Kier alpha value is -2.33. The molecule has 10 nitrogen and oxygen atoms in total. The molecule has 3 N–H and O–H groups in total. The highest BCUT2D eigenvalue weighted by Crippen LogP contribution is 2.43. The van der Waals surface area contributed by atoms with Crippen molar-refractivity contribution in [1.29, 1.82) is 0 Å². The van der Waals surface area contributed by atoms with Crippen molar-refractivity contribution in [3.8, 4) is 0 Å². The number of phosphoric ester groups is 1. The summed E-state index contributed by atoms with van der Waals surface area (Å²) >= 11 is 0. The average molecular weight is 713 g/mol. The van der Waals surface area contributed by atoms with E-state index in [4.69, 9.17) is 18.5 Å². The lowest BCUT2D eigenvalue weighted by Gasteiger charge is -2.20. The molecule has 0 saturated carbocycles. The molecule has 0 amide bonds. The lowest BCUT2D eigenvalue weighted by molar-refractivity contribution is -0.153. The summed E-state index contributed by atoms with van der Waals surface area (Å²) in [5.41, 5.74) is 0. The smallest absolute Gasteiger partial charge is 0.457 e. The standard InChI is InChI=1S/C38H65O10P/c1-3-5-7-9-11-12-13-14-15-16-17-18-19-20-21-22-24-26-28-30-38(42)48-36(32-40)34-46-49(43,44)45-33-35(31-39)47-37(41)29-27-25-23-10-8-6-4-2/h5,7,11-12,14-15,17-18,20-21,35-36,39-40H,3-4,6,8-10,13,16,19,22-34H2,1-2H3,(H,43,44)/b7-5-,12-11-,15-14-,18-17-,21-20-. The molecule has 0 spiro atoms. The predicted octanol–water partition coefficient (Wildman–Crippen LogP) is 8.77. The Labute approximate surface area is 296 Å². The highest BCUT2D eigenvalue weighted by Gasteiger charge is 2.27. The maximum atomic E-state index is 12.3. The number of hydrogen-bond acceptors (Lipinski definition) is 9. The number of phosphoric acid groups is 1. The van der Waals surface area contributed by atoms with Crippen molar-refractivity contribution in [3.63, 3.8) is 0 Å². The topological polar surface area (TPSA) is 149 Å². The van der Waals surface area contributed by atoms with Crippen molar-refractivity contribution in [2.45, 2.75) is 142 Å². The van der Waals surface area contributed by atoms with Gasteiger partial charge in [0.15, 0.2) is 0 Å². The van der Waals surface area contributed by atoms with Gasteiger partial charge in [0, 0.05) is 12.8 Å². The van der Waals surface area contributed by atoms with Crippen LogP contribution in [0.15, 0.2) is 60.8 Å². The van der Waals surface area contributed by atoms with E-state index in [1.165, 1.54) is 19.3 Å². The molecule has 282 valence electrons. The number of esters is 2. The number of carbonyl (C=O) groups is 2. The van der Waals surface area contributed by atoms with E-state index in [0.717, 1.165) is 70.6 Å². The van der Waals surface area contributed by atoms with E-state index in [0.29, 0.717) is 12.8 Å². The van der Waals surface area contributed by atoms with Crippen LogP contribution < -0.4 is 0 Å². The van der Waals surface area contributed by atoms with Gasteiger partial charge in [-0.15, -0.1) is 0 Å². The second-order valence-corrected chi connectivity index (χ2v) is 13.3. The molecule has 11 heteroatoms. The van der Waals surface area contributed by atoms with Crippen molar-refractivity contribution in [3.05, 3.63) is 60.8 Å². The summed E-state index contributed by atoms with van der Waals surface area (Å²) in [4.78, 5) is 34.2. The normalized spacial score (nSPS) is 14.8. The zero-order valence-electron chi connectivity index (χ0n) is 30.1. The Morgan fingerprint density at radius 2 is 0.959 bits per heavy atom. The summed E-state index contributed by atoms with van der Waals surface area (Å²) in [7, 11) is -4.63. The SMILES string of the molecule is CC/C=C\C/C=C\C/C=C\C/C=C\C/C=C\CCCCCC(=O)OC(CO)COP(=O)(O)OCC(CO)OC(=O)CCCCCCCCC. The van der Waals surface area contributed by atoms with Gasteiger partial charge in [-0.2, -0.15) is 0 Å². The molecule has 0 rings (SSSR count). The van der Waals surface area contributed by atoms with Crippen LogP contribution in [-0.2, 0) is 32.7 Å². The van der Waals surface area contributed by atoms with E-state index in [-0.39, 0.29) is 12.8 Å². The fourth-order valence-corrected chi connectivity index (χ4v) is 5.22. The van der Waals surface area contributed by atoms with Gasteiger partial charge in [0.2, 0.25) is 0 Å². The van der Waals surface area contributed by atoms with Crippen molar-refractivity contribution in [1.82, 2.24) is 0 Å². The maximum Gasteiger partial charge on any atom is 0.472 e. The Morgan fingerprint density at radius 3 is 1.39 bits per heavy atom. The summed E-state index contributed by atoms with van der Waals surface area (Å²) in [5.74, 6) is -1.06. The number of aliphatic hydroxyl groups is 2. The summed E-state index contributed by atoms with van der Waals surface area (Å²) in [6.07, 6.45) is 35.1. The maximum absolute atomic E-state index is 12.3. The Kier molecular flexibility index (Phi) is 32.5. The van der Waals surface area contributed by atoms with Crippen LogP contribution in [0, 0.1) is 0 Å². The molecule has 0 aliphatic heterocycles. The van der Waals surface area contributed by atoms with E-state index >= 15 is 0 Å². The second kappa shape index (κ2) is 34.1. The lowest BCUT2D eigenvalue weighted by atomic mass is 10.1. The van der Waals surface area contributed by atoms with Gasteiger partial charge >= 0.3 is 19.8 Å². The van der Waals surface area contributed by atoms with Crippen LogP contribution in [-0.4, -0.2) is 65.7 Å². The van der Waals surface area contributed by atoms with Crippen molar-refractivity contribution < 1.29 is 47.8 Å². The van der Waals surface area contributed by atoms with Crippen LogP contribution in [0.4, 0.5) is 0 Å². The third kappa shape index (κ3) is 32.6. The fraction of sp³-hybridized carbons (Fsp3) is 0.684.